The molecule has 1 rings (SSSR count). The van der Waals surface area contributed by atoms with Gasteiger partial charge in [-0.05, 0) is 12.1 Å². The molecule has 0 bridgehead atoms. The number of rotatable bonds is 2. The summed E-state index contributed by atoms with van der Waals surface area (Å²) in [6.45, 7) is 0. The van der Waals surface area contributed by atoms with E-state index in [1.54, 1.807) is 6.07 Å². The van der Waals surface area contributed by atoms with Crippen LogP contribution in [-0.4, -0.2) is 5.91 Å². The molecule has 2 nitrogen and oxygen atoms in total. The lowest BCUT2D eigenvalue weighted by atomic mass is 10.2. The summed E-state index contributed by atoms with van der Waals surface area (Å²) in [6.07, 6.45) is 2.36. The monoisotopic (exact) mass is 199 g/mol. The molecule has 0 fully saturated rings. The highest BCUT2D eigenvalue weighted by atomic mass is 35.5. The molecule has 1 aromatic rings. The van der Waals surface area contributed by atoms with E-state index in [2.05, 4.69) is 0 Å². The molecule has 13 heavy (non-hydrogen) atoms. The maximum atomic E-state index is 13.1. The predicted octanol–water partition coefficient (Wildman–Crippen LogP) is 1.98. The number of hydrogen-bond donors (Lipinski definition) is 1. The lowest BCUT2D eigenvalue weighted by molar-refractivity contribution is -0.113. The summed E-state index contributed by atoms with van der Waals surface area (Å²) < 4.78 is 13.1. The molecule has 0 atom stereocenters. The Labute approximate surface area is 79.8 Å². The highest BCUT2D eigenvalue weighted by molar-refractivity contribution is 6.30. The molecule has 4 heteroatoms. The molecule has 68 valence electrons. The van der Waals surface area contributed by atoms with Crippen LogP contribution in [0.25, 0.3) is 6.08 Å². The van der Waals surface area contributed by atoms with Crippen LogP contribution in [0, 0.1) is 5.82 Å². The van der Waals surface area contributed by atoms with Gasteiger partial charge in [-0.15, -0.1) is 0 Å². The fourth-order valence-electron chi connectivity index (χ4n) is 0.821. The summed E-state index contributed by atoms with van der Waals surface area (Å²) in [5.74, 6) is -1.18. The second-order valence-electron chi connectivity index (χ2n) is 2.38. The van der Waals surface area contributed by atoms with E-state index in [4.69, 9.17) is 17.3 Å². The van der Waals surface area contributed by atoms with Crippen molar-refractivity contribution in [3.05, 3.63) is 40.7 Å². The maximum absolute atomic E-state index is 13.1. The highest BCUT2D eigenvalue weighted by Gasteiger charge is 2.02. The van der Waals surface area contributed by atoms with Gasteiger partial charge in [0.2, 0.25) is 5.91 Å². The Morgan fingerprint density at radius 1 is 1.54 bits per heavy atom. The Bertz CT molecular complexity index is 363. The number of carbonyl (C=O) groups excluding carboxylic acids is 1. The Hall–Kier alpha value is -1.35. The minimum atomic E-state index is -0.626. The van der Waals surface area contributed by atoms with Crippen LogP contribution in [0.4, 0.5) is 4.39 Å². The highest BCUT2D eigenvalue weighted by Crippen LogP contribution is 2.18. The molecule has 0 aromatic heterocycles. The zero-order valence-electron chi connectivity index (χ0n) is 6.63. The van der Waals surface area contributed by atoms with Gasteiger partial charge in [-0.1, -0.05) is 23.7 Å². The van der Waals surface area contributed by atoms with Crippen LogP contribution in [0.2, 0.25) is 5.02 Å². The van der Waals surface area contributed by atoms with Gasteiger partial charge in [0.15, 0.2) is 0 Å². The first-order valence-electron chi connectivity index (χ1n) is 3.53. The van der Waals surface area contributed by atoms with Crippen molar-refractivity contribution >= 4 is 23.6 Å². The van der Waals surface area contributed by atoms with Crippen molar-refractivity contribution in [2.45, 2.75) is 0 Å². The van der Waals surface area contributed by atoms with Crippen LogP contribution in [0.1, 0.15) is 5.56 Å². The van der Waals surface area contributed by atoms with Gasteiger partial charge in [-0.25, -0.2) is 4.39 Å². The largest absolute Gasteiger partial charge is 0.366 e. The minimum Gasteiger partial charge on any atom is -0.366 e. The predicted molar refractivity (Wildman–Crippen MR) is 49.6 cm³/mol. The molecule has 1 amide bonds. The third-order valence-electron chi connectivity index (χ3n) is 1.41. The number of hydrogen-bond acceptors (Lipinski definition) is 1. The molecule has 0 unspecified atom stereocenters. The molecule has 0 saturated carbocycles. The lowest BCUT2D eigenvalue weighted by Gasteiger charge is -1.97. The standard InChI is InChI=1S/C9H7ClFNO/c10-7-3-1-2-6(9(7)11)4-5-8(12)13/h1-5H,(H2,12,13). The first kappa shape index (κ1) is 9.74. The van der Waals surface area contributed by atoms with E-state index < -0.39 is 11.7 Å². The smallest absolute Gasteiger partial charge is 0.241 e. The molecule has 0 aliphatic heterocycles. The topological polar surface area (TPSA) is 43.1 Å². The van der Waals surface area contributed by atoms with E-state index >= 15 is 0 Å². The van der Waals surface area contributed by atoms with Crippen LogP contribution in [0.5, 0.6) is 0 Å². The molecule has 0 heterocycles. The second-order valence-corrected chi connectivity index (χ2v) is 2.79. The summed E-state index contributed by atoms with van der Waals surface area (Å²) in [5.41, 5.74) is 5.09. The first-order valence-corrected chi connectivity index (χ1v) is 3.90. The summed E-state index contributed by atoms with van der Waals surface area (Å²) in [5, 5.41) is 0.0200. The average molecular weight is 200 g/mol. The van der Waals surface area contributed by atoms with Crippen molar-refractivity contribution in [2.75, 3.05) is 0 Å². The molecule has 0 aliphatic rings. The van der Waals surface area contributed by atoms with Crippen molar-refractivity contribution in [1.29, 1.82) is 0 Å². The fourth-order valence-corrected chi connectivity index (χ4v) is 1.00. The quantitative estimate of drug-likeness (QED) is 0.728. The Morgan fingerprint density at radius 3 is 2.85 bits per heavy atom. The number of primary amides is 1. The van der Waals surface area contributed by atoms with Gasteiger partial charge < -0.3 is 5.73 Å². The maximum Gasteiger partial charge on any atom is 0.241 e. The summed E-state index contributed by atoms with van der Waals surface area (Å²) >= 11 is 5.50. The van der Waals surface area contributed by atoms with Gasteiger partial charge >= 0.3 is 0 Å². The lowest BCUT2D eigenvalue weighted by Crippen LogP contribution is -2.05. The summed E-state index contributed by atoms with van der Waals surface area (Å²) in [7, 11) is 0. The van der Waals surface area contributed by atoms with E-state index in [1.807, 2.05) is 0 Å². The zero-order valence-corrected chi connectivity index (χ0v) is 7.38. The number of halogens is 2. The van der Waals surface area contributed by atoms with Gasteiger partial charge in [0.1, 0.15) is 5.82 Å². The van der Waals surface area contributed by atoms with Gasteiger partial charge in [0.25, 0.3) is 0 Å². The number of nitrogens with two attached hydrogens (primary N) is 1. The third kappa shape index (κ3) is 2.56. The van der Waals surface area contributed by atoms with Crippen molar-refractivity contribution < 1.29 is 9.18 Å². The molecule has 0 saturated heterocycles. The summed E-state index contributed by atoms with van der Waals surface area (Å²) in [4.78, 5) is 10.3. The normalized spacial score (nSPS) is 10.6. The van der Waals surface area contributed by atoms with Crippen LogP contribution >= 0.6 is 11.6 Å². The van der Waals surface area contributed by atoms with Crippen LogP contribution in [0.3, 0.4) is 0 Å². The summed E-state index contributed by atoms with van der Waals surface area (Å²) in [6, 6.07) is 4.52. The molecule has 0 spiro atoms. The van der Waals surface area contributed by atoms with Crippen molar-refractivity contribution in [1.82, 2.24) is 0 Å². The zero-order chi connectivity index (χ0) is 9.84. The van der Waals surface area contributed by atoms with Crippen molar-refractivity contribution in [3.8, 4) is 0 Å². The molecule has 0 radical (unpaired) electrons. The van der Waals surface area contributed by atoms with E-state index in [-0.39, 0.29) is 10.6 Å². The van der Waals surface area contributed by atoms with E-state index in [0.29, 0.717) is 0 Å². The molecular weight excluding hydrogens is 193 g/mol. The van der Waals surface area contributed by atoms with Crippen LogP contribution in [0.15, 0.2) is 24.3 Å². The fraction of sp³-hybridized carbons (Fsp3) is 0. The van der Waals surface area contributed by atoms with Crippen LogP contribution in [-0.2, 0) is 4.79 Å². The molecule has 0 aliphatic carbocycles. The van der Waals surface area contributed by atoms with Crippen molar-refractivity contribution in [2.24, 2.45) is 5.73 Å². The minimum absolute atomic E-state index is 0.0200. The van der Waals surface area contributed by atoms with Crippen molar-refractivity contribution in [3.63, 3.8) is 0 Å². The number of benzene rings is 1. The molecular formula is C9H7ClFNO. The van der Waals surface area contributed by atoms with E-state index in [9.17, 15) is 9.18 Å². The molecule has 2 N–H and O–H groups in total. The number of carbonyl (C=O) groups is 1. The number of amides is 1. The van der Waals surface area contributed by atoms with E-state index in [1.165, 1.54) is 18.2 Å². The second kappa shape index (κ2) is 4.05. The van der Waals surface area contributed by atoms with Gasteiger partial charge in [0.05, 0.1) is 5.02 Å². The average Bonchev–Trinajstić information content (AvgIpc) is 2.07. The van der Waals surface area contributed by atoms with Gasteiger partial charge in [0, 0.05) is 11.6 Å². The Balaban J connectivity index is 3.02. The Morgan fingerprint density at radius 2 is 2.23 bits per heavy atom. The van der Waals surface area contributed by atoms with Gasteiger partial charge in [-0.2, -0.15) is 0 Å². The van der Waals surface area contributed by atoms with Gasteiger partial charge in [-0.3, -0.25) is 4.79 Å². The first-order chi connectivity index (χ1) is 6.11. The van der Waals surface area contributed by atoms with E-state index in [0.717, 1.165) is 6.08 Å². The third-order valence-corrected chi connectivity index (χ3v) is 1.70. The molecule has 1 aromatic carbocycles. The Kier molecular flexibility index (Phi) is 3.03. The van der Waals surface area contributed by atoms with Crippen LogP contribution < -0.4 is 5.73 Å². The SMILES string of the molecule is NC(=O)C=Cc1cccc(Cl)c1F.